The molecule has 33 heavy (non-hydrogen) atoms. The minimum absolute atomic E-state index is 0.117. The molecule has 172 valence electrons. The first-order valence-electron chi connectivity index (χ1n) is 11.1. The molecule has 1 aromatic heterocycles. The van der Waals surface area contributed by atoms with E-state index in [1.54, 1.807) is 36.4 Å². The van der Waals surface area contributed by atoms with E-state index in [2.05, 4.69) is 5.32 Å². The van der Waals surface area contributed by atoms with Gasteiger partial charge in [0.1, 0.15) is 6.04 Å². The summed E-state index contributed by atoms with van der Waals surface area (Å²) in [5.74, 6) is -0.450. The molecule has 0 aliphatic heterocycles. The normalized spacial score (nSPS) is 14.6. The van der Waals surface area contributed by atoms with Crippen molar-refractivity contribution in [1.29, 1.82) is 0 Å². The second-order valence-electron chi connectivity index (χ2n) is 8.51. The van der Waals surface area contributed by atoms with E-state index in [-0.39, 0.29) is 17.7 Å². The van der Waals surface area contributed by atoms with E-state index < -0.39 is 11.9 Å². The van der Waals surface area contributed by atoms with E-state index in [0.29, 0.717) is 16.3 Å². The summed E-state index contributed by atoms with van der Waals surface area (Å²) in [6.45, 7) is 0. The average Bonchev–Trinajstić information content (AvgIpc) is 3.52. The first-order chi connectivity index (χ1) is 15.9. The zero-order chi connectivity index (χ0) is 23.4. The van der Waals surface area contributed by atoms with Gasteiger partial charge in [-0.1, -0.05) is 36.6 Å². The molecule has 1 saturated carbocycles. The highest BCUT2D eigenvalue weighted by Crippen LogP contribution is 2.32. The predicted octanol–water partition coefficient (Wildman–Crippen LogP) is 5.45. The quantitative estimate of drug-likeness (QED) is 0.504. The predicted molar refractivity (Wildman–Crippen MR) is 131 cm³/mol. The second-order valence-corrected chi connectivity index (χ2v) is 8.94. The maximum Gasteiger partial charge on any atom is 0.294 e. The van der Waals surface area contributed by atoms with Crippen LogP contribution in [-0.2, 0) is 4.79 Å². The van der Waals surface area contributed by atoms with Gasteiger partial charge in [0.25, 0.3) is 5.91 Å². The zero-order valence-electron chi connectivity index (χ0n) is 18.8. The molecule has 1 atom stereocenters. The molecule has 0 spiro atoms. The third-order valence-electron chi connectivity index (χ3n) is 5.99. The second kappa shape index (κ2) is 10.1. The minimum Gasteiger partial charge on any atom is -0.459 e. The van der Waals surface area contributed by atoms with Crippen molar-refractivity contribution in [1.82, 2.24) is 5.32 Å². The fraction of sp³-hybridized carbons (Fsp3) is 0.308. The molecule has 1 fully saturated rings. The molecule has 1 heterocycles. The van der Waals surface area contributed by atoms with Gasteiger partial charge < -0.3 is 14.6 Å². The van der Waals surface area contributed by atoms with Gasteiger partial charge in [-0.3, -0.25) is 14.5 Å². The van der Waals surface area contributed by atoms with E-state index >= 15 is 0 Å². The molecule has 0 unspecified atom stereocenters. The maximum atomic E-state index is 13.7. The van der Waals surface area contributed by atoms with Crippen molar-refractivity contribution in [2.75, 3.05) is 23.9 Å². The number of benzene rings is 2. The summed E-state index contributed by atoms with van der Waals surface area (Å²) < 4.78 is 5.42. The molecule has 0 bridgehead atoms. The van der Waals surface area contributed by atoms with Gasteiger partial charge in [-0.15, -0.1) is 0 Å². The molecule has 6 nitrogen and oxygen atoms in total. The van der Waals surface area contributed by atoms with Crippen LogP contribution in [0, 0.1) is 0 Å². The highest BCUT2D eigenvalue weighted by atomic mass is 35.5. The Morgan fingerprint density at radius 3 is 2.18 bits per heavy atom. The SMILES string of the molecule is CN(C)c1ccc([C@H](C(=O)NC2CCCC2)N(C(=O)c2ccco2)c2ccc(Cl)cc2)cc1. The number of carbonyl (C=O) groups excluding carboxylic acids is 2. The van der Waals surface area contributed by atoms with E-state index in [1.165, 1.54) is 11.2 Å². The van der Waals surface area contributed by atoms with Gasteiger partial charge in [-0.05, 0) is 66.9 Å². The fourth-order valence-electron chi connectivity index (χ4n) is 4.23. The third-order valence-corrected chi connectivity index (χ3v) is 6.24. The Morgan fingerprint density at radius 2 is 1.61 bits per heavy atom. The van der Waals surface area contributed by atoms with Gasteiger partial charge in [-0.25, -0.2) is 0 Å². The molecule has 2 aromatic carbocycles. The number of carbonyl (C=O) groups is 2. The highest BCUT2D eigenvalue weighted by Gasteiger charge is 2.35. The Hall–Kier alpha value is -3.25. The van der Waals surface area contributed by atoms with Crippen molar-refractivity contribution in [2.24, 2.45) is 0 Å². The summed E-state index contributed by atoms with van der Waals surface area (Å²) in [6.07, 6.45) is 5.54. The Morgan fingerprint density at radius 1 is 0.970 bits per heavy atom. The number of hydrogen-bond donors (Lipinski definition) is 1. The van der Waals surface area contributed by atoms with Crippen molar-refractivity contribution in [3.63, 3.8) is 0 Å². The topological polar surface area (TPSA) is 65.8 Å². The van der Waals surface area contributed by atoms with Crippen LogP contribution >= 0.6 is 11.6 Å². The number of anilines is 2. The van der Waals surface area contributed by atoms with Crippen LogP contribution in [0.3, 0.4) is 0 Å². The molecule has 1 aliphatic rings. The third kappa shape index (κ3) is 5.22. The first-order valence-corrected chi connectivity index (χ1v) is 11.5. The van der Waals surface area contributed by atoms with Crippen LogP contribution in [0.15, 0.2) is 71.3 Å². The summed E-state index contributed by atoms with van der Waals surface area (Å²) in [5, 5.41) is 3.72. The van der Waals surface area contributed by atoms with Crippen LogP contribution in [0.5, 0.6) is 0 Å². The number of rotatable bonds is 7. The summed E-state index contributed by atoms with van der Waals surface area (Å²) in [7, 11) is 3.92. The van der Waals surface area contributed by atoms with E-state index in [4.69, 9.17) is 16.0 Å². The van der Waals surface area contributed by atoms with Crippen LogP contribution < -0.4 is 15.1 Å². The Balaban J connectivity index is 1.79. The Kier molecular flexibility index (Phi) is 7.04. The average molecular weight is 466 g/mol. The van der Waals surface area contributed by atoms with Crippen LogP contribution in [-0.4, -0.2) is 32.0 Å². The summed E-state index contributed by atoms with van der Waals surface area (Å²) in [4.78, 5) is 30.8. The summed E-state index contributed by atoms with van der Waals surface area (Å²) in [5.41, 5.74) is 2.28. The monoisotopic (exact) mass is 465 g/mol. The van der Waals surface area contributed by atoms with Gasteiger partial charge in [0, 0.05) is 36.5 Å². The molecule has 0 saturated heterocycles. The largest absolute Gasteiger partial charge is 0.459 e. The highest BCUT2D eigenvalue weighted by molar-refractivity contribution is 6.30. The van der Waals surface area contributed by atoms with Gasteiger partial charge in [-0.2, -0.15) is 0 Å². The molecular formula is C26H28ClN3O3. The minimum atomic E-state index is -0.874. The Labute approximate surface area is 199 Å². The summed E-state index contributed by atoms with van der Waals surface area (Å²) in [6, 6.07) is 17.1. The van der Waals surface area contributed by atoms with E-state index in [0.717, 1.165) is 31.4 Å². The number of nitrogens with zero attached hydrogens (tertiary/aromatic N) is 2. The first kappa shape index (κ1) is 22.9. The van der Waals surface area contributed by atoms with Crippen LogP contribution in [0.1, 0.15) is 47.8 Å². The lowest BCUT2D eigenvalue weighted by atomic mass is 10.0. The van der Waals surface area contributed by atoms with Crippen LogP contribution in [0.25, 0.3) is 0 Å². The van der Waals surface area contributed by atoms with Crippen molar-refractivity contribution in [2.45, 2.75) is 37.8 Å². The lowest BCUT2D eigenvalue weighted by molar-refractivity contribution is -0.123. The fourth-order valence-corrected chi connectivity index (χ4v) is 4.35. The molecule has 7 heteroatoms. The molecule has 0 radical (unpaired) electrons. The smallest absolute Gasteiger partial charge is 0.294 e. The number of amides is 2. The molecule has 1 aliphatic carbocycles. The van der Waals surface area contributed by atoms with E-state index in [9.17, 15) is 9.59 Å². The number of halogens is 1. The van der Waals surface area contributed by atoms with Gasteiger partial charge in [0.2, 0.25) is 5.91 Å². The van der Waals surface area contributed by atoms with Crippen molar-refractivity contribution in [3.8, 4) is 0 Å². The van der Waals surface area contributed by atoms with Crippen LogP contribution in [0.4, 0.5) is 11.4 Å². The summed E-state index contributed by atoms with van der Waals surface area (Å²) >= 11 is 6.11. The lowest BCUT2D eigenvalue weighted by Crippen LogP contribution is -2.46. The van der Waals surface area contributed by atoms with Gasteiger partial charge >= 0.3 is 0 Å². The number of nitrogens with one attached hydrogen (secondary N) is 1. The zero-order valence-corrected chi connectivity index (χ0v) is 19.6. The molecular weight excluding hydrogens is 438 g/mol. The molecule has 3 aromatic rings. The Bertz CT molecular complexity index is 1070. The molecule has 2 amide bonds. The van der Waals surface area contributed by atoms with Crippen LogP contribution in [0.2, 0.25) is 5.02 Å². The molecule has 4 rings (SSSR count). The molecule has 1 N–H and O–H groups in total. The standard InChI is InChI=1S/C26H28ClN3O3/c1-29(2)21-13-9-18(10-14-21)24(25(31)28-20-6-3-4-7-20)30(22-15-11-19(27)12-16-22)26(32)23-8-5-17-33-23/h5,8-17,20,24H,3-4,6-7H2,1-2H3,(H,28,31)/t24-/m1/s1. The van der Waals surface area contributed by atoms with Gasteiger partial charge in [0.05, 0.1) is 6.26 Å². The lowest BCUT2D eigenvalue weighted by Gasteiger charge is -2.32. The van der Waals surface area contributed by atoms with E-state index in [1.807, 2.05) is 43.3 Å². The number of furan rings is 1. The van der Waals surface area contributed by atoms with Crippen molar-refractivity contribution in [3.05, 3.63) is 83.3 Å². The maximum absolute atomic E-state index is 13.7. The number of hydrogen-bond acceptors (Lipinski definition) is 4. The van der Waals surface area contributed by atoms with Gasteiger partial charge in [0.15, 0.2) is 5.76 Å². The van der Waals surface area contributed by atoms with Crippen molar-refractivity contribution >= 4 is 34.8 Å². The van der Waals surface area contributed by atoms with Crippen molar-refractivity contribution < 1.29 is 14.0 Å².